The number of halogens is 2. The lowest BCUT2D eigenvalue weighted by Crippen LogP contribution is -2.26. The maximum Gasteiger partial charge on any atom is 0.250 e. The van der Waals surface area contributed by atoms with Crippen LogP contribution in [0.4, 0.5) is 5.82 Å². The van der Waals surface area contributed by atoms with E-state index in [9.17, 15) is 4.79 Å². The summed E-state index contributed by atoms with van der Waals surface area (Å²) in [5, 5.41) is 7.32. The van der Waals surface area contributed by atoms with Gasteiger partial charge < -0.3 is 5.32 Å². The van der Waals surface area contributed by atoms with Gasteiger partial charge in [0.15, 0.2) is 0 Å². The zero-order valence-electron chi connectivity index (χ0n) is 10.2. The van der Waals surface area contributed by atoms with E-state index in [0.29, 0.717) is 17.3 Å². The maximum absolute atomic E-state index is 12.2. The Kier molecular flexibility index (Phi) is 4.55. The molecule has 1 amide bonds. The molecule has 19 heavy (non-hydrogen) atoms. The van der Waals surface area contributed by atoms with E-state index in [4.69, 9.17) is 11.6 Å². The van der Waals surface area contributed by atoms with Crippen LogP contribution in [0.1, 0.15) is 19.4 Å². The van der Waals surface area contributed by atoms with Gasteiger partial charge in [0.25, 0.3) is 0 Å². The Balaban J connectivity index is 2.11. The number of rotatable bonds is 4. The molecule has 0 spiro atoms. The number of hydrogen-bond acceptors (Lipinski definition) is 3. The standard InChI is InChI=1S/C12H12BrClN4O/c1-2-10(18-7-9(14)6-16-18)12(19)17-11-4-3-8(13)5-15-11/h3-7,10H,2H2,1H3,(H,15,17,19). The molecule has 0 radical (unpaired) electrons. The highest BCUT2D eigenvalue weighted by molar-refractivity contribution is 9.10. The first-order valence-electron chi connectivity index (χ1n) is 5.72. The summed E-state index contributed by atoms with van der Waals surface area (Å²) in [4.78, 5) is 16.3. The first-order chi connectivity index (χ1) is 9.10. The van der Waals surface area contributed by atoms with E-state index in [0.717, 1.165) is 4.47 Å². The smallest absolute Gasteiger partial charge is 0.250 e. The number of nitrogens with zero attached hydrogens (tertiary/aromatic N) is 3. The molecule has 2 rings (SSSR count). The molecule has 2 aromatic heterocycles. The SMILES string of the molecule is CCC(C(=O)Nc1ccc(Br)cn1)n1cc(Cl)cn1. The highest BCUT2D eigenvalue weighted by Crippen LogP contribution is 2.17. The summed E-state index contributed by atoms with van der Waals surface area (Å²) in [5.74, 6) is 0.335. The molecule has 0 aliphatic carbocycles. The van der Waals surface area contributed by atoms with E-state index >= 15 is 0 Å². The Hall–Kier alpha value is -1.40. The number of nitrogens with one attached hydrogen (secondary N) is 1. The van der Waals surface area contributed by atoms with E-state index in [-0.39, 0.29) is 5.91 Å². The van der Waals surface area contributed by atoms with Crippen LogP contribution in [0.25, 0.3) is 0 Å². The quantitative estimate of drug-likeness (QED) is 0.926. The molecule has 7 heteroatoms. The summed E-state index contributed by atoms with van der Waals surface area (Å²) in [6.45, 7) is 1.91. The molecule has 0 aliphatic heterocycles. The maximum atomic E-state index is 12.2. The highest BCUT2D eigenvalue weighted by atomic mass is 79.9. The second-order valence-electron chi connectivity index (χ2n) is 3.91. The van der Waals surface area contributed by atoms with Crippen molar-refractivity contribution in [3.8, 4) is 0 Å². The summed E-state index contributed by atoms with van der Waals surface area (Å²) in [6, 6.07) is 3.14. The molecule has 1 atom stereocenters. The van der Waals surface area contributed by atoms with Crippen LogP contribution in [-0.2, 0) is 4.79 Å². The molecule has 0 bridgehead atoms. The Bertz CT molecular complexity index is 569. The van der Waals surface area contributed by atoms with Gasteiger partial charge in [-0.2, -0.15) is 5.10 Å². The normalized spacial score (nSPS) is 12.2. The summed E-state index contributed by atoms with van der Waals surface area (Å²) in [7, 11) is 0. The number of carbonyl (C=O) groups excluding carboxylic acids is 1. The fourth-order valence-electron chi connectivity index (χ4n) is 1.64. The molecule has 1 unspecified atom stereocenters. The zero-order chi connectivity index (χ0) is 13.8. The van der Waals surface area contributed by atoms with Gasteiger partial charge in [-0.3, -0.25) is 9.48 Å². The first kappa shape index (κ1) is 14.0. The fraction of sp³-hybridized carbons (Fsp3) is 0.250. The van der Waals surface area contributed by atoms with Crippen molar-refractivity contribution in [1.29, 1.82) is 0 Å². The van der Waals surface area contributed by atoms with E-state index in [1.165, 1.54) is 6.20 Å². The number of aromatic nitrogens is 3. The van der Waals surface area contributed by atoms with Gasteiger partial charge in [-0.15, -0.1) is 0 Å². The van der Waals surface area contributed by atoms with Crippen molar-refractivity contribution in [2.45, 2.75) is 19.4 Å². The van der Waals surface area contributed by atoms with Gasteiger partial charge >= 0.3 is 0 Å². The minimum atomic E-state index is -0.405. The molecule has 0 aromatic carbocycles. The van der Waals surface area contributed by atoms with Crippen LogP contribution >= 0.6 is 27.5 Å². The molecular weight excluding hydrogens is 332 g/mol. The minimum absolute atomic E-state index is 0.169. The number of amides is 1. The Morgan fingerprint density at radius 3 is 2.84 bits per heavy atom. The lowest BCUT2D eigenvalue weighted by Gasteiger charge is -2.15. The Morgan fingerprint density at radius 2 is 2.32 bits per heavy atom. The van der Waals surface area contributed by atoms with Crippen LogP contribution in [0.2, 0.25) is 5.02 Å². The number of anilines is 1. The molecule has 2 heterocycles. The van der Waals surface area contributed by atoms with Gasteiger partial charge in [-0.05, 0) is 34.5 Å². The lowest BCUT2D eigenvalue weighted by atomic mass is 10.2. The molecule has 0 saturated carbocycles. The third-order valence-electron chi connectivity index (χ3n) is 2.56. The van der Waals surface area contributed by atoms with Crippen LogP contribution in [0.3, 0.4) is 0 Å². The van der Waals surface area contributed by atoms with E-state index in [1.807, 2.05) is 13.0 Å². The van der Waals surface area contributed by atoms with Crippen molar-refractivity contribution >= 4 is 39.3 Å². The topological polar surface area (TPSA) is 59.8 Å². The van der Waals surface area contributed by atoms with Crippen LogP contribution in [0.15, 0.2) is 35.2 Å². The van der Waals surface area contributed by atoms with Gasteiger partial charge in [-0.1, -0.05) is 18.5 Å². The summed E-state index contributed by atoms with van der Waals surface area (Å²) >= 11 is 9.10. The van der Waals surface area contributed by atoms with Gasteiger partial charge in [-0.25, -0.2) is 4.98 Å². The van der Waals surface area contributed by atoms with Crippen molar-refractivity contribution in [1.82, 2.24) is 14.8 Å². The third-order valence-corrected chi connectivity index (χ3v) is 3.22. The fourth-order valence-corrected chi connectivity index (χ4v) is 2.02. The van der Waals surface area contributed by atoms with Crippen molar-refractivity contribution in [3.05, 3.63) is 40.2 Å². The Labute approximate surface area is 124 Å². The van der Waals surface area contributed by atoms with Crippen LogP contribution in [-0.4, -0.2) is 20.7 Å². The summed E-state index contributed by atoms with van der Waals surface area (Å²) in [6.07, 6.45) is 5.38. The minimum Gasteiger partial charge on any atom is -0.309 e. The van der Waals surface area contributed by atoms with Gasteiger partial charge in [0.2, 0.25) is 5.91 Å². The van der Waals surface area contributed by atoms with Crippen molar-refractivity contribution < 1.29 is 4.79 Å². The molecule has 0 saturated heterocycles. The third kappa shape index (κ3) is 3.54. The van der Waals surface area contributed by atoms with Gasteiger partial charge in [0.05, 0.1) is 11.2 Å². The number of pyridine rings is 1. The Morgan fingerprint density at radius 1 is 1.53 bits per heavy atom. The summed E-state index contributed by atoms with van der Waals surface area (Å²) in [5.41, 5.74) is 0. The van der Waals surface area contributed by atoms with E-state index in [2.05, 4.69) is 31.3 Å². The number of hydrogen-bond donors (Lipinski definition) is 1. The highest BCUT2D eigenvalue weighted by Gasteiger charge is 2.19. The largest absolute Gasteiger partial charge is 0.309 e. The number of carbonyl (C=O) groups is 1. The molecular formula is C12H12BrClN4O. The van der Waals surface area contributed by atoms with Gasteiger partial charge in [0, 0.05) is 16.9 Å². The molecule has 0 fully saturated rings. The van der Waals surface area contributed by atoms with Crippen LogP contribution in [0, 0.1) is 0 Å². The average molecular weight is 344 g/mol. The molecule has 0 aliphatic rings. The second kappa shape index (κ2) is 6.16. The molecule has 5 nitrogen and oxygen atoms in total. The van der Waals surface area contributed by atoms with E-state index in [1.54, 1.807) is 23.1 Å². The molecule has 2 aromatic rings. The predicted molar refractivity (Wildman–Crippen MR) is 77.1 cm³/mol. The van der Waals surface area contributed by atoms with Crippen LogP contribution < -0.4 is 5.32 Å². The molecule has 1 N–H and O–H groups in total. The zero-order valence-corrected chi connectivity index (χ0v) is 12.5. The summed E-state index contributed by atoms with van der Waals surface area (Å²) < 4.78 is 2.41. The monoisotopic (exact) mass is 342 g/mol. The molecule has 100 valence electrons. The second-order valence-corrected chi connectivity index (χ2v) is 5.27. The lowest BCUT2D eigenvalue weighted by molar-refractivity contribution is -0.119. The predicted octanol–water partition coefficient (Wildman–Crippen LogP) is 3.28. The van der Waals surface area contributed by atoms with Crippen molar-refractivity contribution in [2.75, 3.05) is 5.32 Å². The average Bonchev–Trinajstić information content (AvgIpc) is 2.80. The van der Waals surface area contributed by atoms with E-state index < -0.39 is 6.04 Å². The first-order valence-corrected chi connectivity index (χ1v) is 6.89. The van der Waals surface area contributed by atoms with Crippen molar-refractivity contribution in [3.63, 3.8) is 0 Å². The van der Waals surface area contributed by atoms with Crippen LogP contribution in [0.5, 0.6) is 0 Å². The van der Waals surface area contributed by atoms with Crippen molar-refractivity contribution in [2.24, 2.45) is 0 Å². The van der Waals surface area contributed by atoms with Gasteiger partial charge in [0.1, 0.15) is 11.9 Å².